The number of sulfonamides is 1. The molecule has 15 heteroatoms. The van der Waals surface area contributed by atoms with Crippen molar-refractivity contribution in [2.45, 2.75) is 36.1 Å². The molecule has 0 saturated carbocycles. The molecule has 0 radical (unpaired) electrons. The van der Waals surface area contributed by atoms with Gasteiger partial charge < -0.3 is 20.0 Å². The molecule has 0 bridgehead atoms. The predicted octanol–water partition coefficient (Wildman–Crippen LogP) is 4.85. The first kappa shape index (κ1) is 30.0. The number of carbonyl (C=O) groups is 2. The number of anilines is 2. The summed E-state index contributed by atoms with van der Waals surface area (Å²) in [5, 5.41) is 16.9. The number of hydrogen-bond acceptors (Lipinski definition) is 7. The van der Waals surface area contributed by atoms with Crippen LogP contribution in [0.3, 0.4) is 0 Å². The molecule has 3 heterocycles. The van der Waals surface area contributed by atoms with Gasteiger partial charge in [-0.15, -0.1) is 11.3 Å². The van der Waals surface area contributed by atoms with Crippen LogP contribution >= 0.6 is 22.9 Å². The molecule has 1 atom stereocenters. The summed E-state index contributed by atoms with van der Waals surface area (Å²) in [6.45, 7) is 4.98. The Morgan fingerprint density at radius 2 is 1.74 bits per heavy atom. The van der Waals surface area contributed by atoms with Crippen molar-refractivity contribution in [3.05, 3.63) is 40.2 Å². The maximum atomic E-state index is 12.6. The van der Waals surface area contributed by atoms with E-state index in [0.29, 0.717) is 15.9 Å². The number of alkyl halides is 3. The van der Waals surface area contributed by atoms with E-state index in [1.54, 1.807) is 12.1 Å². The maximum Gasteiger partial charge on any atom is 0.490 e. The van der Waals surface area contributed by atoms with Crippen LogP contribution in [0.15, 0.2) is 34.5 Å². The molecular formula is C23H27ClF3N3O6S2. The van der Waals surface area contributed by atoms with Crippen molar-refractivity contribution in [3.63, 3.8) is 0 Å². The van der Waals surface area contributed by atoms with Gasteiger partial charge in [0, 0.05) is 25.3 Å². The Bertz CT molecular complexity index is 1250. The molecule has 2 fully saturated rings. The van der Waals surface area contributed by atoms with Gasteiger partial charge in [-0.3, -0.25) is 4.72 Å². The van der Waals surface area contributed by atoms with Crippen LogP contribution in [0.5, 0.6) is 0 Å². The molecule has 1 aromatic heterocycles. The van der Waals surface area contributed by atoms with E-state index in [2.05, 4.69) is 14.5 Å². The zero-order valence-electron chi connectivity index (χ0n) is 20.1. The summed E-state index contributed by atoms with van der Waals surface area (Å²) in [5.74, 6) is -3.32. The second-order valence-electron chi connectivity index (χ2n) is 8.97. The van der Waals surface area contributed by atoms with Crippen molar-refractivity contribution in [2.24, 2.45) is 5.92 Å². The van der Waals surface area contributed by atoms with Gasteiger partial charge in [0.1, 0.15) is 4.21 Å². The monoisotopic (exact) mass is 597 g/mol. The number of carboxylic acids is 2. The largest absolute Gasteiger partial charge is 0.490 e. The number of aliphatic carboxylic acids is 1. The molecule has 0 spiro atoms. The number of nitrogens with one attached hydrogen (secondary N) is 1. The van der Waals surface area contributed by atoms with Gasteiger partial charge in [-0.25, -0.2) is 18.0 Å². The Morgan fingerprint density at radius 1 is 1.08 bits per heavy atom. The fourth-order valence-electron chi connectivity index (χ4n) is 4.46. The van der Waals surface area contributed by atoms with E-state index in [-0.39, 0.29) is 15.5 Å². The highest BCUT2D eigenvalue weighted by atomic mass is 35.5. The summed E-state index contributed by atoms with van der Waals surface area (Å²) in [7, 11) is -3.82. The molecule has 1 unspecified atom stereocenters. The van der Waals surface area contributed by atoms with E-state index < -0.39 is 28.1 Å². The fraction of sp³-hybridized carbons (Fsp3) is 0.478. The highest BCUT2D eigenvalue weighted by Crippen LogP contribution is 2.32. The van der Waals surface area contributed by atoms with Gasteiger partial charge in [0.2, 0.25) is 0 Å². The minimum Gasteiger partial charge on any atom is -0.478 e. The molecule has 2 aliphatic heterocycles. The normalized spacial score (nSPS) is 18.5. The third-order valence-electron chi connectivity index (χ3n) is 6.11. The predicted molar refractivity (Wildman–Crippen MR) is 138 cm³/mol. The maximum absolute atomic E-state index is 12.6. The number of halogens is 4. The van der Waals surface area contributed by atoms with E-state index in [1.807, 2.05) is 0 Å². The lowest BCUT2D eigenvalue weighted by Gasteiger charge is -2.36. The molecule has 3 N–H and O–H groups in total. The van der Waals surface area contributed by atoms with E-state index in [9.17, 15) is 31.5 Å². The van der Waals surface area contributed by atoms with Crippen molar-refractivity contribution in [2.75, 3.05) is 42.3 Å². The molecule has 38 heavy (non-hydrogen) atoms. The highest BCUT2D eigenvalue weighted by molar-refractivity contribution is 7.94. The third-order valence-corrected chi connectivity index (χ3v) is 9.21. The molecule has 1 aromatic carbocycles. The lowest BCUT2D eigenvalue weighted by molar-refractivity contribution is -0.192. The molecule has 0 amide bonds. The number of likely N-dealkylation sites (tertiary alicyclic amines) is 1. The van der Waals surface area contributed by atoms with Crippen molar-refractivity contribution in [1.29, 1.82) is 0 Å². The SMILES string of the molecule is O=C(O)C(F)(F)F.O=C(O)c1cc(NS(=O)(=O)c2ccc(Cl)s2)ccc1N1CCCC(CN2CCCC2)C1. The Balaban J connectivity index is 0.000000505. The Labute approximate surface area is 226 Å². The number of rotatable bonds is 7. The van der Waals surface area contributed by atoms with Gasteiger partial charge in [0.15, 0.2) is 0 Å². The molecule has 2 saturated heterocycles. The number of thiophene rings is 1. The second-order valence-corrected chi connectivity index (χ2v) is 12.6. The number of aromatic carboxylic acids is 1. The number of nitrogens with zero attached hydrogens (tertiary/aromatic N) is 2. The van der Waals surface area contributed by atoms with Gasteiger partial charge in [-0.2, -0.15) is 13.2 Å². The molecule has 210 valence electrons. The first-order valence-corrected chi connectivity index (χ1v) is 14.4. The van der Waals surface area contributed by atoms with Crippen molar-refractivity contribution in [3.8, 4) is 0 Å². The van der Waals surface area contributed by atoms with Crippen molar-refractivity contribution in [1.82, 2.24) is 4.90 Å². The average molecular weight is 598 g/mol. The summed E-state index contributed by atoms with van der Waals surface area (Å²) in [4.78, 5) is 25.5. The van der Waals surface area contributed by atoms with E-state index in [1.165, 1.54) is 31.0 Å². The van der Waals surface area contributed by atoms with Crippen LogP contribution in [0, 0.1) is 5.92 Å². The first-order chi connectivity index (χ1) is 17.8. The lowest BCUT2D eigenvalue weighted by Crippen LogP contribution is -2.41. The van der Waals surface area contributed by atoms with Gasteiger partial charge in [0.25, 0.3) is 10.0 Å². The summed E-state index contributed by atoms with van der Waals surface area (Å²) in [6.07, 6.45) is -0.398. The highest BCUT2D eigenvalue weighted by Gasteiger charge is 2.38. The molecule has 4 rings (SSSR count). The average Bonchev–Trinajstić information content (AvgIpc) is 3.51. The second kappa shape index (κ2) is 12.5. The summed E-state index contributed by atoms with van der Waals surface area (Å²) in [5.41, 5.74) is 0.961. The number of piperidine rings is 1. The smallest absolute Gasteiger partial charge is 0.478 e. The fourth-order valence-corrected chi connectivity index (χ4v) is 6.99. The van der Waals surface area contributed by atoms with E-state index >= 15 is 0 Å². The number of carboxylic acid groups (broad SMARTS) is 2. The topological polar surface area (TPSA) is 127 Å². The van der Waals surface area contributed by atoms with Crippen LogP contribution in [0.1, 0.15) is 36.0 Å². The van der Waals surface area contributed by atoms with Crippen LogP contribution in [0.25, 0.3) is 0 Å². The molecule has 0 aliphatic carbocycles. The molecular weight excluding hydrogens is 571 g/mol. The lowest BCUT2D eigenvalue weighted by atomic mass is 9.96. The van der Waals surface area contributed by atoms with E-state index in [0.717, 1.165) is 56.9 Å². The van der Waals surface area contributed by atoms with E-state index in [4.69, 9.17) is 21.5 Å². The minimum atomic E-state index is -5.08. The minimum absolute atomic E-state index is 0.0826. The van der Waals surface area contributed by atoms with Crippen LogP contribution < -0.4 is 9.62 Å². The zero-order valence-corrected chi connectivity index (χ0v) is 22.5. The third kappa shape index (κ3) is 8.22. The summed E-state index contributed by atoms with van der Waals surface area (Å²) in [6, 6.07) is 7.67. The van der Waals surface area contributed by atoms with Gasteiger partial charge >= 0.3 is 18.1 Å². The quantitative estimate of drug-likeness (QED) is 0.414. The Hall–Kier alpha value is -2.55. The van der Waals surface area contributed by atoms with Gasteiger partial charge in [-0.05, 0) is 75.0 Å². The number of benzene rings is 1. The first-order valence-electron chi connectivity index (χ1n) is 11.7. The van der Waals surface area contributed by atoms with Crippen LogP contribution in [-0.2, 0) is 14.8 Å². The zero-order chi connectivity index (χ0) is 28.1. The number of hydrogen-bond donors (Lipinski definition) is 3. The Kier molecular flexibility index (Phi) is 9.90. The van der Waals surface area contributed by atoms with Gasteiger partial charge in [0.05, 0.1) is 15.6 Å². The summed E-state index contributed by atoms with van der Waals surface area (Å²) < 4.78 is 59.8. The molecule has 2 aromatic rings. The Morgan fingerprint density at radius 3 is 2.29 bits per heavy atom. The molecule has 9 nitrogen and oxygen atoms in total. The van der Waals surface area contributed by atoms with Crippen LogP contribution in [-0.4, -0.2) is 74.4 Å². The van der Waals surface area contributed by atoms with Crippen LogP contribution in [0.4, 0.5) is 24.5 Å². The standard InChI is InChI=1S/C21H26ClN3O4S2.C2HF3O2/c22-19-7-8-20(30-19)31(28,29)23-16-5-6-18(17(12-16)21(26)27)25-11-3-4-15(14-25)13-24-9-1-2-10-24;3-2(4,5)1(6)7/h5-8,12,15,23H,1-4,9-11,13-14H2,(H,26,27);(H,6,7). The molecule has 2 aliphatic rings. The van der Waals surface area contributed by atoms with Crippen LogP contribution in [0.2, 0.25) is 4.34 Å². The van der Waals surface area contributed by atoms with Crippen molar-refractivity contribution < 1.29 is 41.4 Å². The summed E-state index contributed by atoms with van der Waals surface area (Å²) >= 11 is 6.80. The van der Waals surface area contributed by atoms with Crippen molar-refractivity contribution >= 4 is 56.3 Å². The van der Waals surface area contributed by atoms with Gasteiger partial charge in [-0.1, -0.05) is 11.6 Å².